The second-order valence-electron chi connectivity index (χ2n) is 5.53. The van der Waals surface area contributed by atoms with Gasteiger partial charge in [0.25, 0.3) is 0 Å². The Morgan fingerprint density at radius 3 is 2.31 bits per heavy atom. The van der Waals surface area contributed by atoms with Crippen LogP contribution >= 0.6 is 0 Å². The molecule has 0 aliphatic carbocycles. The fourth-order valence-electron chi connectivity index (χ4n) is 2.38. The fourth-order valence-corrected chi connectivity index (χ4v) is 2.38. The van der Waals surface area contributed by atoms with E-state index in [4.69, 9.17) is 9.47 Å². The molecule has 0 amide bonds. The molecule has 0 aromatic heterocycles. The Balaban J connectivity index is 3.39. The molecule has 0 aromatic carbocycles. The summed E-state index contributed by atoms with van der Waals surface area (Å²) in [6, 6.07) is 0. The van der Waals surface area contributed by atoms with Gasteiger partial charge in [0.2, 0.25) is 0 Å². The van der Waals surface area contributed by atoms with Crippen molar-refractivity contribution in [3.05, 3.63) is 0 Å². The van der Waals surface area contributed by atoms with Gasteiger partial charge in [0.05, 0.1) is 0 Å². The number of methoxy groups -OCH3 is 1. The molecule has 0 spiro atoms. The number of rotatable bonds is 10. The van der Waals surface area contributed by atoms with Crippen LogP contribution in [0.25, 0.3) is 0 Å². The molecule has 0 bridgehead atoms. The third-order valence-electron chi connectivity index (χ3n) is 2.87. The minimum atomic E-state index is 0.429. The van der Waals surface area contributed by atoms with Gasteiger partial charge in [-0.25, -0.2) is 0 Å². The quantitative estimate of drug-likeness (QED) is 0.320. The zero-order valence-corrected chi connectivity index (χ0v) is 11.8. The van der Waals surface area contributed by atoms with Crippen LogP contribution in [-0.4, -0.2) is 38.2 Å². The topological polar surface area (TPSA) is 18.5 Å². The summed E-state index contributed by atoms with van der Waals surface area (Å²) in [6.07, 6.45) is 5.12. The van der Waals surface area contributed by atoms with Crippen molar-refractivity contribution in [2.75, 3.05) is 20.5 Å². The van der Waals surface area contributed by atoms with Gasteiger partial charge in [0.15, 0.2) is 0 Å². The SMILES string of the molecule is [Li][CH](C)CC(C)CC(C)CCCOCOC. The van der Waals surface area contributed by atoms with E-state index in [0.29, 0.717) is 6.79 Å². The minimum absolute atomic E-state index is 0.429. The Hall–Kier alpha value is 0.517. The average Bonchev–Trinajstić information content (AvgIpc) is 2.15. The average molecular weight is 222 g/mol. The summed E-state index contributed by atoms with van der Waals surface area (Å²) < 4.78 is 10.9. The van der Waals surface area contributed by atoms with Crippen molar-refractivity contribution in [1.29, 1.82) is 0 Å². The number of ether oxygens (including phenoxy) is 2. The summed E-state index contributed by atoms with van der Waals surface area (Å²) in [7, 11) is 1.66. The molecule has 16 heavy (non-hydrogen) atoms. The van der Waals surface area contributed by atoms with Crippen LogP contribution < -0.4 is 0 Å². The first-order chi connectivity index (χ1) is 7.56. The van der Waals surface area contributed by atoms with Crippen molar-refractivity contribution in [1.82, 2.24) is 0 Å². The van der Waals surface area contributed by atoms with Crippen molar-refractivity contribution in [2.45, 2.75) is 51.0 Å². The Labute approximate surface area is 111 Å². The second kappa shape index (κ2) is 10.7. The van der Waals surface area contributed by atoms with Gasteiger partial charge in [-0.2, -0.15) is 0 Å². The van der Waals surface area contributed by atoms with Gasteiger partial charge >= 0.3 is 111 Å². The van der Waals surface area contributed by atoms with Gasteiger partial charge < -0.3 is 0 Å². The third-order valence-corrected chi connectivity index (χ3v) is 2.87. The molecule has 0 aromatic rings. The first-order valence-corrected chi connectivity index (χ1v) is 6.62. The molecule has 0 fully saturated rings. The molecule has 3 atom stereocenters. The van der Waals surface area contributed by atoms with Crippen LogP contribution in [0.1, 0.15) is 46.5 Å². The van der Waals surface area contributed by atoms with E-state index in [2.05, 4.69) is 38.5 Å². The zero-order chi connectivity index (χ0) is 12.4. The molecule has 0 N–H and O–H groups in total. The van der Waals surface area contributed by atoms with Gasteiger partial charge in [0, 0.05) is 0 Å². The maximum absolute atomic E-state index is 5.28. The van der Waals surface area contributed by atoms with Gasteiger partial charge in [-0.1, -0.05) is 0 Å². The van der Waals surface area contributed by atoms with Crippen molar-refractivity contribution in [2.24, 2.45) is 11.8 Å². The summed E-state index contributed by atoms with van der Waals surface area (Å²) in [5.74, 6) is 1.68. The molecule has 92 valence electrons. The molecule has 3 heteroatoms. The monoisotopic (exact) mass is 222 g/mol. The van der Waals surface area contributed by atoms with Crippen molar-refractivity contribution >= 4 is 17.7 Å². The normalized spacial score (nSPS) is 17.1. The van der Waals surface area contributed by atoms with E-state index in [9.17, 15) is 0 Å². The molecule has 0 aliphatic heterocycles. The van der Waals surface area contributed by atoms with E-state index in [1.165, 1.54) is 19.3 Å². The number of hydrogen-bond donors (Lipinski definition) is 0. The van der Waals surface area contributed by atoms with Crippen molar-refractivity contribution in [3.8, 4) is 0 Å². The van der Waals surface area contributed by atoms with Crippen LogP contribution in [0.3, 0.4) is 0 Å². The first kappa shape index (κ1) is 16.5. The summed E-state index contributed by atoms with van der Waals surface area (Å²) >= 11 is 2.31. The van der Waals surface area contributed by atoms with E-state index in [0.717, 1.165) is 29.5 Å². The van der Waals surface area contributed by atoms with Crippen LogP contribution in [0.15, 0.2) is 0 Å². The molecule has 0 saturated heterocycles. The van der Waals surface area contributed by atoms with E-state index in [-0.39, 0.29) is 0 Å². The van der Waals surface area contributed by atoms with E-state index < -0.39 is 0 Å². The van der Waals surface area contributed by atoms with Gasteiger partial charge in [-0.05, 0) is 0 Å². The van der Waals surface area contributed by atoms with E-state index in [1.54, 1.807) is 7.11 Å². The molecule has 0 heterocycles. The molecule has 0 rings (SSSR count). The van der Waals surface area contributed by atoms with Gasteiger partial charge in [-0.15, -0.1) is 0 Å². The molecule has 0 saturated carbocycles. The van der Waals surface area contributed by atoms with Crippen molar-refractivity contribution in [3.63, 3.8) is 0 Å². The molecule has 2 nitrogen and oxygen atoms in total. The maximum atomic E-state index is 5.28. The summed E-state index contributed by atoms with van der Waals surface area (Å²) in [4.78, 5) is 0. The van der Waals surface area contributed by atoms with E-state index in [1.807, 2.05) is 0 Å². The Kier molecular flexibility index (Phi) is 11.0. The van der Waals surface area contributed by atoms with Gasteiger partial charge in [0.1, 0.15) is 0 Å². The summed E-state index contributed by atoms with van der Waals surface area (Å²) in [6.45, 7) is 8.29. The molecule has 0 radical (unpaired) electrons. The van der Waals surface area contributed by atoms with Crippen molar-refractivity contribution < 1.29 is 9.47 Å². The Morgan fingerprint density at radius 1 is 1.06 bits per heavy atom. The zero-order valence-electron chi connectivity index (χ0n) is 11.8. The fraction of sp³-hybridized carbons (Fsp3) is 1.00. The molecule has 3 unspecified atom stereocenters. The predicted octanol–water partition coefficient (Wildman–Crippen LogP) is 3.42. The number of hydrogen-bond acceptors (Lipinski definition) is 2. The van der Waals surface area contributed by atoms with Crippen LogP contribution in [0.4, 0.5) is 0 Å². The summed E-state index contributed by atoms with van der Waals surface area (Å²) in [5, 5.41) is 0. The van der Waals surface area contributed by atoms with Crippen LogP contribution in [0, 0.1) is 11.8 Å². The standard InChI is InChI=1S/C13H27O2.Li/c1-5-7-12(2)10-13(3)8-6-9-15-11-14-4;/h5,12-13H,6-11H2,1-4H3;. The third kappa shape index (κ3) is 11.0. The van der Waals surface area contributed by atoms with Crippen LogP contribution in [-0.2, 0) is 9.47 Å². The van der Waals surface area contributed by atoms with Crippen LogP contribution in [0.2, 0.25) is 4.59 Å². The second-order valence-corrected chi connectivity index (χ2v) is 5.53. The predicted molar refractivity (Wildman–Crippen MR) is 69.8 cm³/mol. The van der Waals surface area contributed by atoms with Gasteiger partial charge in [-0.3, -0.25) is 0 Å². The van der Waals surface area contributed by atoms with E-state index >= 15 is 0 Å². The molecular weight excluding hydrogens is 195 g/mol. The summed E-state index contributed by atoms with van der Waals surface area (Å²) in [5.41, 5.74) is 0. The van der Waals surface area contributed by atoms with Crippen LogP contribution in [0.5, 0.6) is 0 Å². The Bertz CT molecular complexity index is 151. The Morgan fingerprint density at radius 2 is 1.75 bits per heavy atom. The molecular formula is C13H27LiO2. The molecule has 0 aliphatic rings. The first-order valence-electron chi connectivity index (χ1n) is 6.62.